The summed E-state index contributed by atoms with van der Waals surface area (Å²) in [4.78, 5) is 28.1. The molecule has 0 aliphatic rings. The average Bonchev–Trinajstić information content (AvgIpc) is 2.93. The van der Waals surface area contributed by atoms with Crippen molar-refractivity contribution in [3.63, 3.8) is 0 Å². The molecule has 0 aliphatic carbocycles. The van der Waals surface area contributed by atoms with Gasteiger partial charge in [-0.1, -0.05) is 65.7 Å². The maximum Gasteiger partial charge on any atom is 0.416 e. The monoisotopic (exact) mass is 643 g/mol. The number of carbonyl (C=O) groups is 2. The first-order valence-electron chi connectivity index (χ1n) is 12.8. The molecule has 1 unspecified atom stereocenters. The molecule has 0 spiro atoms. The lowest BCUT2D eigenvalue weighted by atomic mass is 10.0. The number of rotatable bonds is 12. The van der Waals surface area contributed by atoms with Gasteiger partial charge in [0.05, 0.1) is 17.5 Å². The third-order valence-corrected chi connectivity index (χ3v) is 8.42. The highest BCUT2D eigenvalue weighted by atomic mass is 35.5. The van der Waals surface area contributed by atoms with E-state index in [0.717, 1.165) is 34.3 Å². The minimum absolute atomic E-state index is 0.0410. The average molecular weight is 645 g/mol. The fourth-order valence-electron chi connectivity index (χ4n) is 4.42. The predicted molar refractivity (Wildman–Crippen MR) is 158 cm³/mol. The van der Waals surface area contributed by atoms with Crippen LogP contribution in [0, 0.1) is 0 Å². The third kappa shape index (κ3) is 8.86. The summed E-state index contributed by atoms with van der Waals surface area (Å²) in [7, 11) is -2.54. The molecule has 0 saturated heterocycles. The summed E-state index contributed by atoms with van der Waals surface area (Å²) in [6, 6.07) is 16.9. The van der Waals surface area contributed by atoms with Crippen molar-refractivity contribution in [3.05, 3.63) is 99.5 Å². The zero-order valence-corrected chi connectivity index (χ0v) is 25.2. The van der Waals surface area contributed by atoms with Gasteiger partial charge in [-0.15, -0.1) is 0 Å². The summed E-state index contributed by atoms with van der Waals surface area (Å²) in [5.74, 6) is -0.926. The van der Waals surface area contributed by atoms with Gasteiger partial charge in [0, 0.05) is 48.6 Å². The normalized spacial score (nSPS) is 12.5. The minimum Gasteiger partial charge on any atom is -0.357 e. The predicted octanol–water partition coefficient (Wildman–Crippen LogP) is 5.94. The minimum atomic E-state index is -4.66. The van der Waals surface area contributed by atoms with Crippen molar-refractivity contribution in [1.29, 1.82) is 0 Å². The highest BCUT2D eigenvalue weighted by molar-refractivity contribution is 7.92. The number of likely N-dealkylation sites (N-methyl/N-ethyl adjacent to an activating group) is 1. The summed E-state index contributed by atoms with van der Waals surface area (Å²) < 4.78 is 65.7. The maximum atomic E-state index is 13.7. The molecule has 42 heavy (non-hydrogen) atoms. The van der Waals surface area contributed by atoms with E-state index in [4.69, 9.17) is 23.2 Å². The van der Waals surface area contributed by atoms with E-state index >= 15 is 0 Å². The van der Waals surface area contributed by atoms with Crippen molar-refractivity contribution in [2.24, 2.45) is 0 Å². The number of nitrogens with zero attached hydrogens (tertiary/aromatic N) is 2. The SMILES string of the molecule is CNC(=O)C(Cc1ccccc1)N(Cc1c(Cl)cccc1Cl)C(=O)CCCN(c1cccc(C(F)(F)F)c1)S(C)(=O)=O. The van der Waals surface area contributed by atoms with Crippen molar-refractivity contribution >= 4 is 50.7 Å². The number of sulfonamides is 1. The molecule has 3 aromatic rings. The Balaban J connectivity index is 1.90. The van der Waals surface area contributed by atoms with E-state index in [2.05, 4.69) is 5.32 Å². The third-order valence-electron chi connectivity index (χ3n) is 6.52. The Kier molecular flexibility index (Phi) is 11.3. The van der Waals surface area contributed by atoms with Crippen molar-refractivity contribution in [3.8, 4) is 0 Å². The molecule has 0 bridgehead atoms. The van der Waals surface area contributed by atoms with Crippen LogP contribution in [0.2, 0.25) is 10.0 Å². The second-order valence-corrected chi connectivity index (χ2v) is 12.2. The second kappa shape index (κ2) is 14.3. The molecule has 0 aromatic heterocycles. The summed E-state index contributed by atoms with van der Waals surface area (Å²) >= 11 is 12.8. The fraction of sp³-hybridized carbons (Fsp3) is 0.310. The van der Waals surface area contributed by atoms with E-state index < -0.39 is 39.6 Å². The number of halogens is 5. The molecule has 1 atom stereocenters. The number of hydrogen-bond donors (Lipinski definition) is 1. The van der Waals surface area contributed by atoms with Gasteiger partial charge in [-0.25, -0.2) is 8.42 Å². The van der Waals surface area contributed by atoms with Gasteiger partial charge >= 0.3 is 6.18 Å². The highest BCUT2D eigenvalue weighted by Gasteiger charge is 2.33. The zero-order valence-electron chi connectivity index (χ0n) is 22.9. The molecular formula is C29H30Cl2F3N3O4S. The van der Waals surface area contributed by atoms with Gasteiger partial charge in [0.1, 0.15) is 6.04 Å². The van der Waals surface area contributed by atoms with Crippen LogP contribution in [-0.2, 0) is 38.8 Å². The molecule has 0 heterocycles. The lowest BCUT2D eigenvalue weighted by Gasteiger charge is -2.32. The molecule has 0 radical (unpaired) electrons. The quantitative estimate of drug-likeness (QED) is 0.264. The number of nitrogens with one attached hydrogen (secondary N) is 1. The van der Waals surface area contributed by atoms with Crippen LogP contribution < -0.4 is 9.62 Å². The first kappa shape index (κ1) is 33.2. The molecule has 13 heteroatoms. The van der Waals surface area contributed by atoms with Crippen LogP contribution >= 0.6 is 23.2 Å². The number of anilines is 1. The summed E-state index contributed by atoms with van der Waals surface area (Å²) in [5.41, 5.74) is 0.0495. The van der Waals surface area contributed by atoms with E-state index in [9.17, 15) is 31.2 Å². The van der Waals surface area contributed by atoms with Gasteiger partial charge < -0.3 is 10.2 Å². The Labute approximate surface area is 253 Å². The van der Waals surface area contributed by atoms with Gasteiger partial charge in [-0.3, -0.25) is 13.9 Å². The molecule has 226 valence electrons. The van der Waals surface area contributed by atoms with E-state index in [-0.39, 0.29) is 38.0 Å². The lowest BCUT2D eigenvalue weighted by Crippen LogP contribution is -2.50. The first-order valence-corrected chi connectivity index (χ1v) is 15.5. The molecule has 3 aromatic carbocycles. The number of alkyl halides is 3. The largest absolute Gasteiger partial charge is 0.416 e. The van der Waals surface area contributed by atoms with Crippen LogP contribution in [0.15, 0.2) is 72.8 Å². The molecule has 2 amide bonds. The van der Waals surface area contributed by atoms with Crippen LogP contribution in [0.25, 0.3) is 0 Å². The van der Waals surface area contributed by atoms with E-state index in [1.54, 1.807) is 30.3 Å². The maximum absolute atomic E-state index is 13.7. The van der Waals surface area contributed by atoms with Crippen LogP contribution in [0.3, 0.4) is 0 Å². The molecule has 1 N–H and O–H groups in total. The Hall–Kier alpha value is -3.28. The summed E-state index contributed by atoms with van der Waals surface area (Å²) in [5, 5.41) is 3.18. The molecule has 3 rings (SSSR count). The Morgan fingerprint density at radius 2 is 1.57 bits per heavy atom. The summed E-state index contributed by atoms with van der Waals surface area (Å²) in [6.07, 6.45) is -3.87. The highest BCUT2D eigenvalue weighted by Crippen LogP contribution is 2.32. The molecular weight excluding hydrogens is 614 g/mol. The van der Waals surface area contributed by atoms with Gasteiger partial charge in [0.2, 0.25) is 21.8 Å². The Morgan fingerprint density at radius 1 is 0.952 bits per heavy atom. The van der Waals surface area contributed by atoms with Crippen molar-refractivity contribution in [2.45, 2.75) is 38.0 Å². The van der Waals surface area contributed by atoms with Crippen molar-refractivity contribution in [2.75, 3.05) is 24.2 Å². The van der Waals surface area contributed by atoms with Crippen molar-refractivity contribution in [1.82, 2.24) is 10.2 Å². The molecule has 0 saturated carbocycles. The van der Waals surface area contributed by atoms with Crippen LogP contribution in [-0.4, -0.2) is 51.0 Å². The molecule has 7 nitrogen and oxygen atoms in total. The van der Waals surface area contributed by atoms with E-state index in [0.29, 0.717) is 15.6 Å². The topological polar surface area (TPSA) is 86.8 Å². The van der Waals surface area contributed by atoms with Gasteiger partial charge in [-0.05, 0) is 42.3 Å². The van der Waals surface area contributed by atoms with Gasteiger partial charge in [0.25, 0.3) is 0 Å². The van der Waals surface area contributed by atoms with Crippen LogP contribution in [0.1, 0.15) is 29.5 Å². The number of hydrogen-bond acceptors (Lipinski definition) is 4. The van der Waals surface area contributed by atoms with Gasteiger partial charge in [0.15, 0.2) is 0 Å². The molecule has 0 aliphatic heterocycles. The van der Waals surface area contributed by atoms with Crippen LogP contribution in [0.5, 0.6) is 0 Å². The van der Waals surface area contributed by atoms with E-state index in [1.165, 1.54) is 18.0 Å². The lowest BCUT2D eigenvalue weighted by molar-refractivity contribution is -0.141. The first-order chi connectivity index (χ1) is 19.7. The van der Waals surface area contributed by atoms with Crippen LogP contribution in [0.4, 0.5) is 18.9 Å². The van der Waals surface area contributed by atoms with Crippen molar-refractivity contribution < 1.29 is 31.2 Å². The summed E-state index contributed by atoms with van der Waals surface area (Å²) in [6.45, 7) is -0.373. The second-order valence-electron chi connectivity index (χ2n) is 9.53. The zero-order chi connectivity index (χ0) is 31.1. The smallest absolute Gasteiger partial charge is 0.357 e. The van der Waals surface area contributed by atoms with Gasteiger partial charge in [-0.2, -0.15) is 13.2 Å². The van der Waals surface area contributed by atoms with E-state index in [1.807, 2.05) is 18.2 Å². The number of amides is 2. The molecule has 0 fully saturated rings. The number of benzene rings is 3. The Morgan fingerprint density at radius 3 is 2.14 bits per heavy atom. The Bertz CT molecular complexity index is 1490. The standard InChI is InChI=1S/C29H30Cl2F3N3O4S/c1-35-28(39)26(17-20-9-4-3-5-10-20)36(19-23-24(30)13-7-14-25(23)31)27(38)15-8-16-37(42(2,40)41)22-12-6-11-21(18-22)29(32,33)34/h3-7,9-14,18,26H,8,15-17,19H2,1-2H3,(H,35,39). The fourth-order valence-corrected chi connectivity index (χ4v) is 5.89. The number of carbonyl (C=O) groups excluding carboxylic acids is 2.